The number of aromatic nitrogens is 1. The van der Waals surface area contributed by atoms with Gasteiger partial charge in [0.05, 0.1) is 17.8 Å². The predicted molar refractivity (Wildman–Crippen MR) is 80.8 cm³/mol. The van der Waals surface area contributed by atoms with Gasteiger partial charge in [-0.15, -0.1) is 11.3 Å². The van der Waals surface area contributed by atoms with Crippen molar-refractivity contribution in [2.75, 3.05) is 19.8 Å². The summed E-state index contributed by atoms with van der Waals surface area (Å²) in [7, 11) is 0. The van der Waals surface area contributed by atoms with E-state index in [0.29, 0.717) is 11.5 Å². The van der Waals surface area contributed by atoms with Crippen LogP contribution in [0.1, 0.15) is 43.7 Å². The molecule has 0 bridgehead atoms. The number of rotatable bonds is 6. The first-order chi connectivity index (χ1) is 9.11. The highest BCUT2D eigenvalue weighted by molar-refractivity contribution is 7.09. The largest absolute Gasteiger partial charge is 0.381 e. The zero-order valence-electron chi connectivity index (χ0n) is 12.4. The number of thiazole rings is 1. The Morgan fingerprint density at radius 1 is 1.53 bits per heavy atom. The average molecular weight is 282 g/mol. The van der Waals surface area contributed by atoms with Crippen molar-refractivity contribution in [1.29, 1.82) is 0 Å². The van der Waals surface area contributed by atoms with Crippen LogP contribution >= 0.6 is 11.3 Å². The number of aryl methyl sites for hydroxylation is 2. The molecule has 1 unspecified atom stereocenters. The highest BCUT2D eigenvalue weighted by Gasteiger charge is 2.32. The van der Waals surface area contributed by atoms with Crippen LogP contribution in [0.5, 0.6) is 0 Å². The lowest BCUT2D eigenvalue weighted by Gasteiger charge is -2.38. The summed E-state index contributed by atoms with van der Waals surface area (Å²) in [6.45, 7) is 9.45. The lowest BCUT2D eigenvalue weighted by molar-refractivity contribution is -0.0126. The molecule has 1 aliphatic rings. The van der Waals surface area contributed by atoms with Gasteiger partial charge in [-0.3, -0.25) is 0 Å². The van der Waals surface area contributed by atoms with Crippen LogP contribution in [0.25, 0.3) is 0 Å². The van der Waals surface area contributed by atoms with Crippen molar-refractivity contribution >= 4 is 11.3 Å². The average Bonchev–Trinajstić information content (AvgIpc) is 2.81. The summed E-state index contributed by atoms with van der Waals surface area (Å²) in [4.78, 5) is 5.79. The molecule has 0 radical (unpaired) electrons. The maximum atomic E-state index is 5.77. The van der Waals surface area contributed by atoms with Crippen molar-refractivity contribution in [3.05, 3.63) is 16.1 Å². The Bertz CT molecular complexity index is 383. The molecule has 4 heteroatoms. The van der Waals surface area contributed by atoms with Gasteiger partial charge in [0.1, 0.15) is 0 Å². The van der Waals surface area contributed by atoms with Gasteiger partial charge in [0.25, 0.3) is 0 Å². The molecule has 108 valence electrons. The van der Waals surface area contributed by atoms with E-state index < -0.39 is 0 Å². The van der Waals surface area contributed by atoms with E-state index in [1.54, 1.807) is 11.3 Å². The molecular formula is C15H26N2OS. The van der Waals surface area contributed by atoms with Crippen LogP contribution in [0.2, 0.25) is 0 Å². The number of hydrogen-bond donors (Lipinski definition) is 1. The maximum absolute atomic E-state index is 5.77. The van der Waals surface area contributed by atoms with E-state index in [0.717, 1.165) is 26.2 Å². The second-order valence-electron chi connectivity index (χ2n) is 6.05. The summed E-state index contributed by atoms with van der Waals surface area (Å²) in [5, 5.41) is 3.61. The van der Waals surface area contributed by atoms with E-state index in [4.69, 9.17) is 4.74 Å². The van der Waals surface area contributed by atoms with E-state index in [1.165, 1.54) is 29.8 Å². The Labute approximate surface area is 120 Å². The minimum absolute atomic E-state index is 0.318. The summed E-state index contributed by atoms with van der Waals surface area (Å²) in [6.07, 6.45) is 4.82. The Balaban J connectivity index is 1.95. The lowest BCUT2D eigenvalue weighted by Crippen LogP contribution is -2.43. The van der Waals surface area contributed by atoms with Gasteiger partial charge >= 0.3 is 0 Å². The Morgan fingerprint density at radius 3 is 2.95 bits per heavy atom. The van der Waals surface area contributed by atoms with Crippen LogP contribution < -0.4 is 5.32 Å². The van der Waals surface area contributed by atoms with E-state index in [-0.39, 0.29) is 0 Å². The Kier molecular flexibility index (Phi) is 5.37. The second-order valence-corrected chi connectivity index (χ2v) is 6.99. The van der Waals surface area contributed by atoms with E-state index in [1.807, 2.05) is 5.51 Å². The molecule has 1 aromatic rings. The van der Waals surface area contributed by atoms with Crippen molar-refractivity contribution in [1.82, 2.24) is 10.3 Å². The van der Waals surface area contributed by atoms with Crippen LogP contribution in [0.4, 0.5) is 0 Å². The van der Waals surface area contributed by atoms with Crippen LogP contribution in [-0.4, -0.2) is 30.8 Å². The molecule has 2 heterocycles. The molecule has 0 aliphatic carbocycles. The van der Waals surface area contributed by atoms with Crippen molar-refractivity contribution in [2.45, 2.75) is 52.5 Å². The number of ether oxygens (including phenoxy) is 1. The topological polar surface area (TPSA) is 34.2 Å². The van der Waals surface area contributed by atoms with Crippen molar-refractivity contribution in [3.63, 3.8) is 0 Å². The van der Waals surface area contributed by atoms with Gasteiger partial charge in [-0.1, -0.05) is 13.8 Å². The Hall–Kier alpha value is -0.450. The summed E-state index contributed by atoms with van der Waals surface area (Å²) in [6, 6.07) is 0.545. The molecule has 0 spiro atoms. The number of nitrogens with zero attached hydrogens (tertiary/aromatic N) is 1. The normalized spacial score (nSPS) is 24.0. The van der Waals surface area contributed by atoms with Gasteiger partial charge < -0.3 is 10.1 Å². The van der Waals surface area contributed by atoms with E-state index in [2.05, 4.69) is 31.1 Å². The van der Waals surface area contributed by atoms with E-state index in [9.17, 15) is 0 Å². The van der Waals surface area contributed by atoms with Crippen LogP contribution in [0.3, 0.4) is 0 Å². The molecule has 1 aromatic heterocycles. The summed E-state index contributed by atoms with van der Waals surface area (Å²) < 4.78 is 5.77. The molecule has 0 amide bonds. The molecule has 0 saturated carbocycles. The van der Waals surface area contributed by atoms with Crippen molar-refractivity contribution in [3.8, 4) is 0 Å². The quantitative estimate of drug-likeness (QED) is 0.870. The van der Waals surface area contributed by atoms with Gasteiger partial charge in [0.15, 0.2) is 0 Å². The minimum Gasteiger partial charge on any atom is -0.381 e. The first-order valence-electron chi connectivity index (χ1n) is 7.31. The lowest BCUT2D eigenvalue weighted by atomic mass is 9.78. The third-order valence-electron chi connectivity index (χ3n) is 4.02. The van der Waals surface area contributed by atoms with Crippen molar-refractivity contribution in [2.24, 2.45) is 5.41 Å². The molecule has 1 saturated heterocycles. The first-order valence-corrected chi connectivity index (χ1v) is 8.19. The van der Waals surface area contributed by atoms with Crippen LogP contribution in [0, 0.1) is 12.3 Å². The molecule has 1 fully saturated rings. The summed E-state index contributed by atoms with van der Waals surface area (Å²) >= 11 is 1.79. The van der Waals surface area contributed by atoms with Gasteiger partial charge in [-0.25, -0.2) is 4.98 Å². The first kappa shape index (κ1) is 14.9. The van der Waals surface area contributed by atoms with Crippen molar-refractivity contribution < 1.29 is 4.74 Å². The minimum atomic E-state index is 0.318. The molecule has 0 aromatic carbocycles. The second kappa shape index (κ2) is 6.82. The fourth-order valence-electron chi connectivity index (χ4n) is 2.70. The molecular weight excluding hydrogens is 256 g/mol. The Morgan fingerprint density at radius 2 is 2.37 bits per heavy atom. The van der Waals surface area contributed by atoms with Gasteiger partial charge in [0.2, 0.25) is 0 Å². The molecule has 2 rings (SSSR count). The fourth-order valence-corrected chi connectivity index (χ4v) is 3.48. The number of hydrogen-bond acceptors (Lipinski definition) is 4. The van der Waals surface area contributed by atoms with Gasteiger partial charge in [-0.2, -0.15) is 0 Å². The highest BCUT2D eigenvalue weighted by atomic mass is 32.1. The molecule has 19 heavy (non-hydrogen) atoms. The van der Waals surface area contributed by atoms with Crippen LogP contribution in [0.15, 0.2) is 5.51 Å². The molecule has 1 atom stereocenters. The van der Waals surface area contributed by atoms with E-state index >= 15 is 0 Å². The predicted octanol–water partition coefficient (Wildman–Crippen LogP) is 3.18. The monoisotopic (exact) mass is 282 g/mol. The third kappa shape index (κ3) is 4.26. The smallest absolute Gasteiger partial charge is 0.0797 e. The summed E-state index contributed by atoms with van der Waals surface area (Å²) in [5.41, 5.74) is 3.48. The van der Waals surface area contributed by atoms with Gasteiger partial charge in [-0.05, 0) is 32.6 Å². The zero-order valence-corrected chi connectivity index (χ0v) is 13.2. The van der Waals surface area contributed by atoms with Crippen LogP contribution in [-0.2, 0) is 11.2 Å². The molecule has 1 N–H and O–H groups in total. The summed E-state index contributed by atoms with van der Waals surface area (Å²) in [5.74, 6) is 0. The molecule has 3 nitrogen and oxygen atoms in total. The SMILES string of the molecule is Cc1ncsc1CCC1(CNC(C)C)CCCOC1. The standard InChI is InChI=1S/C15H26N2OS/c1-12(2)16-9-15(6-4-8-18-10-15)7-5-14-13(3)17-11-19-14/h11-12,16H,4-10H2,1-3H3. The third-order valence-corrected chi connectivity index (χ3v) is 5.01. The molecule has 1 aliphatic heterocycles. The maximum Gasteiger partial charge on any atom is 0.0797 e. The van der Waals surface area contributed by atoms with Gasteiger partial charge in [0, 0.05) is 29.5 Å². The highest BCUT2D eigenvalue weighted by Crippen LogP contribution is 2.34. The zero-order chi connectivity index (χ0) is 13.7. The fraction of sp³-hybridized carbons (Fsp3) is 0.800. The number of nitrogens with one attached hydrogen (secondary N) is 1.